The molecule has 2 aromatic heterocycles. The molecule has 32 heavy (non-hydrogen) atoms. The minimum absolute atomic E-state index is 0.0457. The standard InChI is InChI=1S/C25H29N3O4/c1-3-32-20-8-9-22-21(15-20)24(30)28(25(31)27(22)2)16-18-4-6-19(7-5-18)23(29)14-17-10-12-26-13-11-17/h8-13,15,18-19H,3-7,14,16H2,1-2H3. The Labute approximate surface area is 186 Å². The van der Waals surface area contributed by atoms with Crippen LogP contribution < -0.4 is 16.0 Å². The first-order chi connectivity index (χ1) is 15.5. The van der Waals surface area contributed by atoms with Crippen molar-refractivity contribution in [3.8, 4) is 5.75 Å². The summed E-state index contributed by atoms with van der Waals surface area (Å²) in [6.45, 7) is 2.78. The van der Waals surface area contributed by atoms with Gasteiger partial charge in [-0.1, -0.05) is 0 Å². The Morgan fingerprint density at radius 2 is 1.81 bits per heavy atom. The molecule has 0 radical (unpaired) electrons. The van der Waals surface area contributed by atoms with Crippen molar-refractivity contribution in [2.45, 2.75) is 45.6 Å². The minimum atomic E-state index is -0.303. The summed E-state index contributed by atoms with van der Waals surface area (Å²) in [4.78, 5) is 42.7. The molecule has 7 nitrogen and oxygen atoms in total. The van der Waals surface area contributed by atoms with Gasteiger partial charge in [0.15, 0.2) is 0 Å². The zero-order chi connectivity index (χ0) is 22.7. The van der Waals surface area contributed by atoms with E-state index in [1.54, 1.807) is 37.6 Å². The summed E-state index contributed by atoms with van der Waals surface area (Å²) in [6, 6.07) is 9.00. The third-order valence-electron chi connectivity index (χ3n) is 6.50. The number of nitrogens with zero attached hydrogens (tertiary/aromatic N) is 3. The molecule has 0 spiro atoms. The molecule has 1 aliphatic rings. The Bertz CT molecular complexity index is 1220. The second kappa shape index (κ2) is 9.51. The van der Waals surface area contributed by atoms with Crippen LogP contribution in [0.25, 0.3) is 10.9 Å². The van der Waals surface area contributed by atoms with E-state index < -0.39 is 0 Å². The van der Waals surface area contributed by atoms with E-state index in [4.69, 9.17) is 4.74 Å². The van der Waals surface area contributed by atoms with Crippen LogP contribution in [0.5, 0.6) is 5.75 Å². The fourth-order valence-corrected chi connectivity index (χ4v) is 4.68. The van der Waals surface area contributed by atoms with Crippen LogP contribution in [-0.4, -0.2) is 26.5 Å². The highest BCUT2D eigenvalue weighted by atomic mass is 16.5. The van der Waals surface area contributed by atoms with Crippen molar-refractivity contribution >= 4 is 16.7 Å². The Morgan fingerprint density at radius 3 is 2.50 bits per heavy atom. The van der Waals surface area contributed by atoms with Crippen molar-refractivity contribution in [1.29, 1.82) is 0 Å². The van der Waals surface area contributed by atoms with E-state index >= 15 is 0 Å². The van der Waals surface area contributed by atoms with E-state index in [0.29, 0.717) is 36.2 Å². The fraction of sp³-hybridized carbons (Fsp3) is 0.440. The highest BCUT2D eigenvalue weighted by molar-refractivity contribution is 5.83. The molecule has 4 rings (SSSR count). The third kappa shape index (κ3) is 4.52. The first-order valence-corrected chi connectivity index (χ1v) is 11.3. The lowest BCUT2D eigenvalue weighted by atomic mass is 9.79. The molecule has 0 bridgehead atoms. The van der Waals surface area contributed by atoms with Crippen molar-refractivity contribution in [3.63, 3.8) is 0 Å². The number of carbonyl (C=O) groups excluding carboxylic acids is 1. The molecular formula is C25H29N3O4. The third-order valence-corrected chi connectivity index (χ3v) is 6.50. The van der Waals surface area contributed by atoms with Gasteiger partial charge in [-0.3, -0.25) is 23.7 Å². The van der Waals surface area contributed by atoms with Crippen LogP contribution in [0, 0.1) is 11.8 Å². The molecule has 0 saturated heterocycles. The predicted octanol–water partition coefficient (Wildman–Crippen LogP) is 3.11. The molecule has 0 aliphatic heterocycles. The normalized spacial score (nSPS) is 18.6. The maximum atomic E-state index is 13.1. The van der Waals surface area contributed by atoms with Gasteiger partial charge < -0.3 is 4.74 Å². The number of carbonyl (C=O) groups is 1. The van der Waals surface area contributed by atoms with Gasteiger partial charge in [-0.15, -0.1) is 0 Å². The Hall–Kier alpha value is -3.22. The molecule has 0 amide bonds. The average molecular weight is 436 g/mol. The second-order valence-corrected chi connectivity index (χ2v) is 8.59. The maximum absolute atomic E-state index is 13.1. The van der Waals surface area contributed by atoms with Crippen LogP contribution in [0.2, 0.25) is 0 Å². The van der Waals surface area contributed by atoms with Crippen LogP contribution in [0.3, 0.4) is 0 Å². The summed E-state index contributed by atoms with van der Waals surface area (Å²) in [5.41, 5.74) is 1.01. The zero-order valence-corrected chi connectivity index (χ0v) is 18.6. The molecule has 1 fully saturated rings. The number of aryl methyl sites for hydroxylation is 1. The number of rotatable bonds is 7. The number of pyridine rings is 1. The fourth-order valence-electron chi connectivity index (χ4n) is 4.68. The molecule has 1 aromatic carbocycles. The number of hydrogen-bond donors (Lipinski definition) is 0. The van der Waals surface area contributed by atoms with Gasteiger partial charge in [-0.2, -0.15) is 0 Å². The van der Waals surface area contributed by atoms with Crippen molar-refractivity contribution in [3.05, 3.63) is 69.1 Å². The smallest absolute Gasteiger partial charge is 0.331 e. The van der Waals surface area contributed by atoms with Crippen LogP contribution >= 0.6 is 0 Å². The van der Waals surface area contributed by atoms with Gasteiger partial charge in [0, 0.05) is 38.3 Å². The van der Waals surface area contributed by atoms with Crippen molar-refractivity contribution in [2.24, 2.45) is 18.9 Å². The van der Waals surface area contributed by atoms with Gasteiger partial charge in [-0.25, -0.2) is 4.79 Å². The van der Waals surface area contributed by atoms with Crippen LogP contribution in [0.15, 0.2) is 52.3 Å². The molecule has 0 atom stereocenters. The van der Waals surface area contributed by atoms with E-state index in [0.717, 1.165) is 31.2 Å². The zero-order valence-electron chi connectivity index (χ0n) is 18.6. The van der Waals surface area contributed by atoms with Crippen LogP contribution in [-0.2, 0) is 24.8 Å². The van der Waals surface area contributed by atoms with E-state index in [1.165, 1.54) is 9.13 Å². The monoisotopic (exact) mass is 435 g/mol. The molecule has 2 heterocycles. The lowest BCUT2D eigenvalue weighted by Crippen LogP contribution is -2.41. The van der Waals surface area contributed by atoms with Crippen LogP contribution in [0.1, 0.15) is 38.2 Å². The SMILES string of the molecule is CCOc1ccc2c(c1)c(=O)n(CC1CCC(C(=O)Cc3ccncc3)CC1)c(=O)n2C. The summed E-state index contributed by atoms with van der Waals surface area (Å²) in [7, 11) is 1.69. The van der Waals surface area contributed by atoms with E-state index in [1.807, 2.05) is 19.1 Å². The number of Topliss-reactive ketones (excluding diaryl/α,β-unsaturated/α-hetero) is 1. The Kier molecular flexibility index (Phi) is 6.53. The molecule has 0 unspecified atom stereocenters. The Balaban J connectivity index is 1.48. The average Bonchev–Trinajstić information content (AvgIpc) is 2.81. The van der Waals surface area contributed by atoms with E-state index in [2.05, 4.69) is 4.98 Å². The quantitative estimate of drug-likeness (QED) is 0.569. The van der Waals surface area contributed by atoms with Crippen molar-refractivity contribution < 1.29 is 9.53 Å². The number of aromatic nitrogens is 3. The molecule has 7 heteroatoms. The van der Waals surface area contributed by atoms with E-state index in [-0.39, 0.29) is 28.9 Å². The van der Waals surface area contributed by atoms with Crippen molar-refractivity contribution in [1.82, 2.24) is 14.1 Å². The summed E-state index contributed by atoms with van der Waals surface area (Å²) >= 11 is 0. The number of ether oxygens (including phenoxy) is 1. The predicted molar refractivity (Wildman–Crippen MR) is 123 cm³/mol. The topological polar surface area (TPSA) is 83.2 Å². The summed E-state index contributed by atoms with van der Waals surface area (Å²) in [6.07, 6.45) is 7.11. The molecule has 1 saturated carbocycles. The largest absolute Gasteiger partial charge is 0.494 e. The van der Waals surface area contributed by atoms with Gasteiger partial charge in [0.25, 0.3) is 5.56 Å². The van der Waals surface area contributed by atoms with E-state index in [9.17, 15) is 14.4 Å². The van der Waals surface area contributed by atoms with Gasteiger partial charge >= 0.3 is 5.69 Å². The molecule has 3 aromatic rings. The molecular weight excluding hydrogens is 406 g/mol. The van der Waals surface area contributed by atoms with Gasteiger partial charge in [0.2, 0.25) is 0 Å². The second-order valence-electron chi connectivity index (χ2n) is 8.59. The molecule has 168 valence electrons. The number of hydrogen-bond acceptors (Lipinski definition) is 5. The number of fused-ring (bicyclic) bond motifs is 1. The Morgan fingerprint density at radius 1 is 1.09 bits per heavy atom. The lowest BCUT2D eigenvalue weighted by molar-refractivity contribution is -0.123. The van der Waals surface area contributed by atoms with Gasteiger partial charge in [-0.05, 0) is 74.4 Å². The van der Waals surface area contributed by atoms with Crippen molar-refractivity contribution in [2.75, 3.05) is 6.61 Å². The number of benzene rings is 1. The highest BCUT2D eigenvalue weighted by Gasteiger charge is 2.27. The van der Waals surface area contributed by atoms with Crippen LogP contribution in [0.4, 0.5) is 0 Å². The first-order valence-electron chi connectivity index (χ1n) is 11.3. The maximum Gasteiger partial charge on any atom is 0.331 e. The first kappa shape index (κ1) is 22.0. The highest BCUT2D eigenvalue weighted by Crippen LogP contribution is 2.31. The van der Waals surface area contributed by atoms with Gasteiger partial charge in [0.05, 0.1) is 17.5 Å². The summed E-state index contributed by atoms with van der Waals surface area (Å²) < 4.78 is 8.41. The summed E-state index contributed by atoms with van der Waals surface area (Å²) in [5.74, 6) is 1.13. The molecule has 0 N–H and O–H groups in total. The number of ketones is 1. The minimum Gasteiger partial charge on any atom is -0.494 e. The summed E-state index contributed by atoms with van der Waals surface area (Å²) in [5, 5.41) is 0.485. The van der Waals surface area contributed by atoms with Gasteiger partial charge in [0.1, 0.15) is 11.5 Å². The lowest BCUT2D eigenvalue weighted by Gasteiger charge is -2.28. The molecule has 1 aliphatic carbocycles.